The van der Waals surface area contributed by atoms with Crippen molar-refractivity contribution in [2.45, 2.75) is 45.6 Å². The Hall–Kier alpha value is -1.88. The Morgan fingerprint density at radius 1 is 1.43 bits per heavy atom. The van der Waals surface area contributed by atoms with E-state index in [9.17, 15) is 4.79 Å². The van der Waals surface area contributed by atoms with Gasteiger partial charge >= 0.3 is 0 Å². The van der Waals surface area contributed by atoms with Crippen LogP contribution in [0.5, 0.6) is 0 Å². The van der Waals surface area contributed by atoms with E-state index in [1.54, 1.807) is 0 Å². The highest BCUT2D eigenvalue weighted by Crippen LogP contribution is 2.26. The maximum Gasteiger partial charge on any atom is 0.227 e. The summed E-state index contributed by atoms with van der Waals surface area (Å²) in [6, 6.07) is 5.91. The quantitative estimate of drug-likeness (QED) is 0.860. The Kier molecular flexibility index (Phi) is 4.66. The fourth-order valence-corrected chi connectivity index (χ4v) is 2.98. The first-order valence-electron chi connectivity index (χ1n) is 7.91. The number of fused-ring (bicyclic) bond motifs is 1. The molecule has 0 atom stereocenters. The van der Waals surface area contributed by atoms with Crippen molar-refractivity contribution in [3.63, 3.8) is 0 Å². The second-order valence-electron chi connectivity index (χ2n) is 6.14. The van der Waals surface area contributed by atoms with Crippen molar-refractivity contribution >= 4 is 17.5 Å². The summed E-state index contributed by atoms with van der Waals surface area (Å²) in [5.74, 6) is 1.53. The number of carbonyl (C=O) groups is 1. The summed E-state index contributed by atoms with van der Waals surface area (Å²) >= 11 is 6.25. The highest BCUT2D eigenvalue weighted by molar-refractivity contribution is 6.31. The van der Waals surface area contributed by atoms with Gasteiger partial charge in [-0.15, -0.1) is 0 Å². The van der Waals surface area contributed by atoms with Crippen molar-refractivity contribution in [1.29, 1.82) is 0 Å². The van der Waals surface area contributed by atoms with Crippen LogP contribution in [0.4, 0.5) is 0 Å². The van der Waals surface area contributed by atoms with Gasteiger partial charge in [0.15, 0.2) is 5.82 Å². The summed E-state index contributed by atoms with van der Waals surface area (Å²) in [6.07, 6.45) is 1.70. The lowest BCUT2D eigenvalue weighted by atomic mass is 9.99. The number of hydrogen-bond donors (Lipinski definition) is 0. The molecule has 0 aliphatic carbocycles. The summed E-state index contributed by atoms with van der Waals surface area (Å²) < 4.78 is 5.19. The summed E-state index contributed by atoms with van der Waals surface area (Å²) in [6.45, 7) is 5.32. The fourth-order valence-electron chi connectivity index (χ4n) is 2.73. The fraction of sp³-hybridized carbons (Fsp3) is 0.471. The smallest absolute Gasteiger partial charge is 0.227 e. The minimum absolute atomic E-state index is 0.0971. The van der Waals surface area contributed by atoms with Crippen molar-refractivity contribution in [2.24, 2.45) is 0 Å². The molecule has 1 amide bonds. The molecule has 0 saturated heterocycles. The molecule has 0 saturated carbocycles. The van der Waals surface area contributed by atoms with E-state index in [2.05, 4.69) is 16.2 Å². The normalized spacial score (nSPS) is 14.2. The summed E-state index contributed by atoms with van der Waals surface area (Å²) in [7, 11) is 0. The maximum absolute atomic E-state index is 12.4. The maximum atomic E-state index is 12.4. The van der Waals surface area contributed by atoms with Gasteiger partial charge in [-0.05, 0) is 23.6 Å². The van der Waals surface area contributed by atoms with Gasteiger partial charge in [0.05, 0.1) is 0 Å². The van der Waals surface area contributed by atoms with E-state index in [0.717, 1.165) is 23.6 Å². The monoisotopic (exact) mass is 333 g/mol. The minimum atomic E-state index is 0.0971. The SMILES string of the molecule is CC(C)c1noc(CCC(=O)N2CCc3cccc(Cl)c3C2)n1. The van der Waals surface area contributed by atoms with Gasteiger partial charge in [-0.1, -0.05) is 42.7 Å². The highest BCUT2D eigenvalue weighted by Gasteiger charge is 2.22. The predicted octanol–water partition coefficient (Wildman–Crippen LogP) is 3.36. The molecule has 5 nitrogen and oxygen atoms in total. The molecule has 0 unspecified atom stereocenters. The lowest BCUT2D eigenvalue weighted by Crippen LogP contribution is -2.36. The van der Waals surface area contributed by atoms with E-state index in [1.807, 2.05) is 30.9 Å². The largest absolute Gasteiger partial charge is 0.339 e. The number of benzene rings is 1. The van der Waals surface area contributed by atoms with Crippen molar-refractivity contribution in [3.05, 3.63) is 46.1 Å². The van der Waals surface area contributed by atoms with Gasteiger partial charge in [0.1, 0.15) is 0 Å². The number of carbonyl (C=O) groups excluding carboxylic acids is 1. The lowest BCUT2D eigenvalue weighted by Gasteiger charge is -2.29. The van der Waals surface area contributed by atoms with Gasteiger partial charge in [0, 0.05) is 36.9 Å². The molecule has 1 aliphatic rings. The van der Waals surface area contributed by atoms with Crippen LogP contribution in [0, 0.1) is 0 Å². The molecule has 0 fully saturated rings. The van der Waals surface area contributed by atoms with E-state index >= 15 is 0 Å². The molecule has 122 valence electrons. The third kappa shape index (κ3) is 3.55. The highest BCUT2D eigenvalue weighted by atomic mass is 35.5. The lowest BCUT2D eigenvalue weighted by molar-refractivity contribution is -0.132. The van der Waals surface area contributed by atoms with Gasteiger partial charge in [-0.2, -0.15) is 4.98 Å². The first kappa shape index (κ1) is 16.0. The van der Waals surface area contributed by atoms with E-state index in [1.165, 1.54) is 5.56 Å². The van der Waals surface area contributed by atoms with Gasteiger partial charge in [0.2, 0.25) is 11.8 Å². The van der Waals surface area contributed by atoms with E-state index in [0.29, 0.717) is 31.1 Å². The van der Waals surface area contributed by atoms with E-state index in [4.69, 9.17) is 16.1 Å². The Bertz CT molecular complexity index is 712. The molecule has 1 aliphatic heterocycles. The first-order valence-corrected chi connectivity index (χ1v) is 8.29. The van der Waals surface area contributed by atoms with Crippen LogP contribution in [0.1, 0.15) is 49.0 Å². The number of nitrogens with zero attached hydrogens (tertiary/aromatic N) is 3. The van der Waals surface area contributed by atoms with Crippen LogP contribution in [0.25, 0.3) is 0 Å². The van der Waals surface area contributed by atoms with Crippen molar-refractivity contribution < 1.29 is 9.32 Å². The number of rotatable bonds is 4. The second-order valence-corrected chi connectivity index (χ2v) is 6.55. The number of amides is 1. The average molecular weight is 334 g/mol. The van der Waals surface area contributed by atoms with Crippen LogP contribution < -0.4 is 0 Å². The predicted molar refractivity (Wildman–Crippen MR) is 87.3 cm³/mol. The van der Waals surface area contributed by atoms with Gasteiger partial charge in [-0.3, -0.25) is 4.79 Å². The zero-order valence-electron chi connectivity index (χ0n) is 13.4. The Balaban J connectivity index is 1.60. The Morgan fingerprint density at radius 2 is 2.26 bits per heavy atom. The van der Waals surface area contributed by atoms with Crippen molar-refractivity contribution in [1.82, 2.24) is 15.0 Å². The van der Waals surface area contributed by atoms with Gasteiger partial charge in [-0.25, -0.2) is 0 Å². The van der Waals surface area contributed by atoms with Crippen LogP contribution in [-0.2, 0) is 24.2 Å². The molecule has 6 heteroatoms. The van der Waals surface area contributed by atoms with Crippen molar-refractivity contribution in [2.75, 3.05) is 6.54 Å². The molecule has 0 spiro atoms. The van der Waals surface area contributed by atoms with Crippen LogP contribution in [0.2, 0.25) is 5.02 Å². The molecular weight excluding hydrogens is 314 g/mol. The average Bonchev–Trinajstić information content (AvgIpc) is 3.02. The first-order chi connectivity index (χ1) is 11.0. The van der Waals surface area contributed by atoms with Crippen molar-refractivity contribution in [3.8, 4) is 0 Å². The number of hydrogen-bond acceptors (Lipinski definition) is 4. The summed E-state index contributed by atoms with van der Waals surface area (Å²) in [5.41, 5.74) is 2.30. The van der Waals surface area contributed by atoms with Crippen LogP contribution >= 0.6 is 11.6 Å². The Morgan fingerprint density at radius 3 is 3.00 bits per heavy atom. The second kappa shape index (κ2) is 6.71. The van der Waals surface area contributed by atoms with Crippen LogP contribution in [0.3, 0.4) is 0 Å². The molecule has 2 aromatic rings. The molecule has 0 N–H and O–H groups in total. The topological polar surface area (TPSA) is 59.2 Å². The number of aromatic nitrogens is 2. The summed E-state index contributed by atoms with van der Waals surface area (Å²) in [5, 5.41) is 4.65. The summed E-state index contributed by atoms with van der Waals surface area (Å²) in [4.78, 5) is 18.6. The zero-order valence-corrected chi connectivity index (χ0v) is 14.1. The molecule has 2 heterocycles. The molecular formula is C17H20ClN3O2. The molecule has 3 rings (SSSR count). The molecule has 1 aromatic heterocycles. The minimum Gasteiger partial charge on any atom is -0.339 e. The number of aryl methyl sites for hydroxylation is 1. The number of halogens is 1. The third-order valence-electron chi connectivity index (χ3n) is 4.12. The van der Waals surface area contributed by atoms with Gasteiger partial charge in [0.25, 0.3) is 0 Å². The van der Waals surface area contributed by atoms with Gasteiger partial charge < -0.3 is 9.42 Å². The van der Waals surface area contributed by atoms with Crippen LogP contribution in [0.15, 0.2) is 22.7 Å². The van der Waals surface area contributed by atoms with E-state index < -0.39 is 0 Å². The molecule has 1 aromatic carbocycles. The zero-order chi connectivity index (χ0) is 16.4. The van der Waals surface area contributed by atoms with E-state index in [-0.39, 0.29) is 11.8 Å². The van der Waals surface area contributed by atoms with Crippen LogP contribution in [-0.4, -0.2) is 27.5 Å². The Labute approximate surface area is 140 Å². The molecule has 0 bridgehead atoms. The standard InChI is InChI=1S/C17H20ClN3O2/c1-11(2)17-19-15(23-20-17)6-7-16(22)21-9-8-12-4-3-5-14(18)13(12)10-21/h3-5,11H,6-10H2,1-2H3. The third-order valence-corrected chi connectivity index (χ3v) is 4.48. The molecule has 0 radical (unpaired) electrons. The molecule has 23 heavy (non-hydrogen) atoms.